The molecule has 56 heavy (non-hydrogen) atoms. The maximum atomic E-state index is 13.4. The molecule has 14 nitrogen and oxygen atoms in total. The Kier molecular flexibility index (Phi) is 11.6. The summed E-state index contributed by atoms with van der Waals surface area (Å²) in [6.45, 7) is 12.9. The fraction of sp³-hybridized carbons (Fsp3) is 0.600. The fourth-order valence-corrected chi connectivity index (χ4v) is 15.8. The van der Waals surface area contributed by atoms with Crippen molar-refractivity contribution in [2.45, 2.75) is 126 Å². The Bertz CT molecular complexity index is 1710. The Hall–Kier alpha value is -4.13. The van der Waals surface area contributed by atoms with E-state index in [0.29, 0.717) is 0 Å². The second-order valence-electron chi connectivity index (χ2n) is 15.3. The molecule has 2 fully saturated rings. The normalized spacial score (nSPS) is 26.0. The maximum Gasteiger partial charge on any atom is 0.412 e. The van der Waals surface area contributed by atoms with Crippen LogP contribution in [0.4, 0.5) is 21.0 Å². The summed E-state index contributed by atoms with van der Waals surface area (Å²) in [6.07, 6.45) is -2.33. The van der Waals surface area contributed by atoms with Crippen LogP contribution in [-0.2, 0) is 48.6 Å². The molecule has 6 rings (SSSR count). The van der Waals surface area contributed by atoms with Crippen LogP contribution in [0.2, 0.25) is 36.3 Å². The van der Waals surface area contributed by atoms with Gasteiger partial charge in [-0.15, -0.1) is 0 Å². The van der Waals surface area contributed by atoms with Crippen LogP contribution in [0, 0.1) is 0 Å². The van der Waals surface area contributed by atoms with Crippen molar-refractivity contribution in [2.24, 2.45) is 0 Å². The summed E-state index contributed by atoms with van der Waals surface area (Å²) in [5, 5.41) is 7.09. The highest BCUT2D eigenvalue weighted by molar-refractivity contribution is 6.74. The van der Waals surface area contributed by atoms with Gasteiger partial charge < -0.3 is 38.4 Å². The van der Waals surface area contributed by atoms with Crippen LogP contribution < -0.4 is 10.6 Å². The lowest BCUT2D eigenvalue weighted by atomic mass is 9.87. The molecular weight excluding hydrogens is 753 g/mol. The molecule has 16 heteroatoms. The average molecular weight is 811 g/mol. The number of esters is 2. The minimum atomic E-state index is -2.37. The van der Waals surface area contributed by atoms with Gasteiger partial charge in [-0.3, -0.25) is 9.80 Å². The first kappa shape index (κ1) is 41.5. The molecular formula is C40H58N4O10Si2. The van der Waals surface area contributed by atoms with Gasteiger partial charge in [-0.05, 0) is 71.7 Å². The quantitative estimate of drug-likeness (QED) is 0.118. The molecule has 2 unspecified atom stereocenters. The number of anilines is 2. The van der Waals surface area contributed by atoms with Crippen molar-refractivity contribution >= 4 is 52.1 Å². The third-order valence-corrected chi connectivity index (χ3v) is 22.7. The highest BCUT2D eigenvalue weighted by Gasteiger charge is 2.66. The van der Waals surface area contributed by atoms with E-state index in [9.17, 15) is 19.2 Å². The van der Waals surface area contributed by atoms with E-state index in [1.54, 1.807) is 0 Å². The summed E-state index contributed by atoms with van der Waals surface area (Å²) >= 11 is 0. The predicted octanol–water partition coefficient (Wildman–Crippen LogP) is 7.32. The number of nitrogens with one attached hydrogen (secondary N) is 2. The van der Waals surface area contributed by atoms with Crippen LogP contribution in [0.25, 0.3) is 11.1 Å². The van der Waals surface area contributed by atoms with Crippen LogP contribution in [-0.4, -0.2) is 103 Å². The molecule has 0 bridgehead atoms. The molecule has 2 N–H and O–H groups in total. The Labute approximate surface area is 332 Å². The van der Waals surface area contributed by atoms with Crippen molar-refractivity contribution in [1.82, 2.24) is 9.80 Å². The summed E-state index contributed by atoms with van der Waals surface area (Å²) in [7, 11) is 0.506. The van der Waals surface area contributed by atoms with Gasteiger partial charge in [0.15, 0.2) is 16.6 Å². The molecule has 2 saturated heterocycles. The lowest BCUT2D eigenvalue weighted by molar-refractivity contribution is -0.146. The number of hydrogen-bond acceptors (Lipinski definition) is 12. The van der Waals surface area contributed by atoms with Crippen LogP contribution in [0.5, 0.6) is 0 Å². The fourth-order valence-electron chi connectivity index (χ4n) is 9.74. The number of nitrogens with zero attached hydrogens (tertiary/aromatic N) is 2. The smallest absolute Gasteiger partial charge is 0.412 e. The first-order chi connectivity index (χ1) is 26.8. The second-order valence-corrected chi connectivity index (χ2v) is 24.7. The molecule has 4 aliphatic heterocycles. The number of carbonyl (C=O) groups excluding carboxylic acids is 4. The van der Waals surface area contributed by atoms with E-state index in [2.05, 4.69) is 64.3 Å². The van der Waals surface area contributed by atoms with Crippen molar-refractivity contribution in [3.8, 4) is 11.1 Å². The molecule has 2 aromatic carbocycles. The van der Waals surface area contributed by atoms with Crippen molar-refractivity contribution in [3.05, 3.63) is 47.5 Å². The van der Waals surface area contributed by atoms with E-state index < -0.39 is 76.4 Å². The number of carbonyl (C=O) groups is 4. The largest absolute Gasteiger partial charge is 0.467 e. The van der Waals surface area contributed by atoms with Crippen molar-refractivity contribution < 1.29 is 47.0 Å². The summed E-state index contributed by atoms with van der Waals surface area (Å²) < 4.78 is 35.8. The van der Waals surface area contributed by atoms with E-state index in [4.69, 9.17) is 27.8 Å². The Morgan fingerprint density at radius 2 is 0.929 bits per heavy atom. The van der Waals surface area contributed by atoms with E-state index in [1.807, 2.05) is 24.3 Å². The molecule has 6 atom stereocenters. The molecule has 0 radical (unpaired) electrons. The number of hydrogen-bond donors (Lipinski definition) is 2. The van der Waals surface area contributed by atoms with Crippen LogP contribution in [0.3, 0.4) is 0 Å². The second kappa shape index (κ2) is 15.7. The van der Waals surface area contributed by atoms with Gasteiger partial charge in [-0.2, -0.15) is 0 Å². The third kappa shape index (κ3) is 6.27. The summed E-state index contributed by atoms with van der Waals surface area (Å²) in [4.78, 5) is 56.4. The van der Waals surface area contributed by atoms with Gasteiger partial charge in [-0.1, -0.05) is 53.7 Å². The molecule has 4 heterocycles. The highest BCUT2D eigenvalue weighted by atomic mass is 28.4. The van der Waals surface area contributed by atoms with Crippen LogP contribution in [0.15, 0.2) is 36.4 Å². The molecule has 0 aromatic heterocycles. The van der Waals surface area contributed by atoms with Gasteiger partial charge in [0.25, 0.3) is 0 Å². The monoisotopic (exact) mass is 810 g/mol. The van der Waals surface area contributed by atoms with Crippen LogP contribution in [0.1, 0.15) is 65.5 Å². The summed E-state index contributed by atoms with van der Waals surface area (Å²) in [5.74, 6) is -1.08. The van der Waals surface area contributed by atoms with Crippen molar-refractivity contribution in [3.63, 3.8) is 0 Å². The van der Waals surface area contributed by atoms with E-state index in [0.717, 1.165) is 69.9 Å². The molecule has 0 aliphatic carbocycles. The Balaban J connectivity index is 1.52. The molecule has 4 aliphatic rings. The molecule has 0 spiro atoms. The number of methoxy groups -OCH3 is 4. The lowest BCUT2D eigenvalue weighted by Gasteiger charge is -2.41. The number of likely N-dealkylation sites (tertiary alicyclic amines) is 2. The zero-order valence-electron chi connectivity index (χ0n) is 34.4. The van der Waals surface area contributed by atoms with Crippen molar-refractivity contribution in [1.29, 1.82) is 0 Å². The number of amides is 2. The first-order valence-corrected chi connectivity index (χ1v) is 25.0. The van der Waals surface area contributed by atoms with Gasteiger partial charge >= 0.3 is 24.1 Å². The van der Waals surface area contributed by atoms with E-state index in [1.165, 1.54) is 38.2 Å². The van der Waals surface area contributed by atoms with E-state index in [-0.39, 0.29) is 12.8 Å². The number of benzene rings is 2. The molecule has 2 amide bonds. The first-order valence-electron chi connectivity index (χ1n) is 19.9. The topological polar surface area (TPSA) is 154 Å². The maximum absolute atomic E-state index is 13.4. The van der Waals surface area contributed by atoms with Gasteiger partial charge in [0.05, 0.1) is 28.4 Å². The predicted molar refractivity (Wildman–Crippen MR) is 216 cm³/mol. The Morgan fingerprint density at radius 1 is 0.589 bits per heavy atom. The van der Waals surface area contributed by atoms with Gasteiger partial charge in [0.2, 0.25) is 0 Å². The van der Waals surface area contributed by atoms with Gasteiger partial charge in [0.1, 0.15) is 35.6 Å². The third-order valence-electron chi connectivity index (χ3n) is 13.4. The minimum Gasteiger partial charge on any atom is -0.467 e. The molecule has 306 valence electrons. The average Bonchev–Trinajstić information content (AvgIpc) is 3.92. The molecule has 0 saturated carbocycles. The van der Waals surface area contributed by atoms with Gasteiger partial charge in [0, 0.05) is 35.3 Å². The lowest BCUT2D eigenvalue weighted by Crippen LogP contribution is -2.53. The zero-order valence-corrected chi connectivity index (χ0v) is 36.4. The number of rotatable bonds is 13. The standard InChI is InChI=1S/C40H58N4O10Si2/c1-11-55(12-2,13-3)53-39-23-31(33(45)49-7)43(37(47)51-9)35(39)41-29-19-17-25(21-27(29)39)26-18-20-30-28(22-26)40(54-56(14-4,15-5)16-6)24-32(34(46)50-8)44(36(40)42-30)38(48)52-10/h17-22,31-32,35-36,41-42H,11-16,23-24H2,1-10H3/t31-,32-,35-,36-,39?,40?/m0/s1. The van der Waals surface area contributed by atoms with Crippen molar-refractivity contribution in [2.75, 3.05) is 39.1 Å². The van der Waals surface area contributed by atoms with Gasteiger partial charge in [-0.25, -0.2) is 19.2 Å². The zero-order chi connectivity index (χ0) is 40.8. The van der Waals surface area contributed by atoms with E-state index >= 15 is 0 Å². The number of ether oxygens (including phenoxy) is 4. The minimum absolute atomic E-state index is 0.195. The summed E-state index contributed by atoms with van der Waals surface area (Å²) in [5.41, 5.74) is 2.97. The number of fused-ring (bicyclic) bond motifs is 6. The van der Waals surface area contributed by atoms with Crippen LogP contribution >= 0.6 is 0 Å². The summed E-state index contributed by atoms with van der Waals surface area (Å²) in [6, 6.07) is 15.5. The Morgan fingerprint density at radius 3 is 1.21 bits per heavy atom. The highest BCUT2D eigenvalue weighted by Crippen LogP contribution is 2.57. The molecule has 2 aromatic rings. The SMILES string of the molecule is CC[Si](CC)(CC)OC12C[C@@H](C(=O)OC)N(C(=O)OC)[C@@H]1Nc1ccc(-c3ccc4c(c3)C3(O[Si](CC)(CC)CC)C[C@@H](C(=O)OC)N(C(=O)OC)[C@@H]3N4)cc12.